The van der Waals surface area contributed by atoms with E-state index in [-0.39, 0.29) is 23.8 Å². The van der Waals surface area contributed by atoms with Crippen LogP contribution in [0.3, 0.4) is 0 Å². The maximum absolute atomic E-state index is 12.5. The quantitative estimate of drug-likeness (QED) is 0.535. The SMILES string of the molecule is O=C(NCc1ccco1)Nc1ccc(NC(=O)C2CC2c2ccccc2Cl)cc1. The minimum absolute atomic E-state index is 0.0215. The molecule has 2 aromatic carbocycles. The van der Waals surface area contributed by atoms with Crippen LogP contribution in [0.25, 0.3) is 0 Å². The van der Waals surface area contributed by atoms with Gasteiger partial charge < -0.3 is 20.4 Å². The second-order valence-electron chi connectivity index (χ2n) is 6.92. The summed E-state index contributed by atoms with van der Waals surface area (Å²) in [6.07, 6.45) is 2.35. The second-order valence-corrected chi connectivity index (χ2v) is 7.33. The van der Waals surface area contributed by atoms with Crippen molar-refractivity contribution in [2.24, 2.45) is 5.92 Å². The first kappa shape index (κ1) is 19.1. The molecular formula is C22H20ClN3O3. The highest BCUT2D eigenvalue weighted by Gasteiger charge is 2.44. The van der Waals surface area contributed by atoms with Crippen molar-refractivity contribution in [3.63, 3.8) is 0 Å². The normalized spacial score (nSPS) is 17.4. The molecule has 0 aliphatic heterocycles. The summed E-state index contributed by atoms with van der Waals surface area (Å²) in [5, 5.41) is 9.07. The topological polar surface area (TPSA) is 83.4 Å². The van der Waals surface area contributed by atoms with Gasteiger partial charge in [-0.1, -0.05) is 29.8 Å². The van der Waals surface area contributed by atoms with Crippen LogP contribution in [0.4, 0.5) is 16.2 Å². The third kappa shape index (κ3) is 4.78. The Morgan fingerprint density at radius 3 is 2.38 bits per heavy atom. The van der Waals surface area contributed by atoms with E-state index in [0.29, 0.717) is 28.7 Å². The van der Waals surface area contributed by atoms with E-state index in [1.165, 1.54) is 0 Å². The summed E-state index contributed by atoms with van der Waals surface area (Å²) < 4.78 is 5.16. The number of carbonyl (C=O) groups excluding carboxylic acids is 2. The van der Waals surface area contributed by atoms with Crippen molar-refractivity contribution >= 4 is 34.9 Å². The number of urea groups is 1. The average Bonchev–Trinajstić information content (AvgIpc) is 3.34. The number of rotatable bonds is 6. The minimum Gasteiger partial charge on any atom is -0.467 e. The highest BCUT2D eigenvalue weighted by atomic mass is 35.5. The highest BCUT2D eigenvalue weighted by molar-refractivity contribution is 6.31. The lowest BCUT2D eigenvalue weighted by molar-refractivity contribution is -0.117. The van der Waals surface area contributed by atoms with Gasteiger partial charge >= 0.3 is 6.03 Å². The first-order valence-corrected chi connectivity index (χ1v) is 9.70. The number of hydrogen-bond acceptors (Lipinski definition) is 3. The van der Waals surface area contributed by atoms with E-state index in [4.69, 9.17) is 16.0 Å². The molecule has 0 saturated heterocycles. The summed E-state index contributed by atoms with van der Waals surface area (Å²) in [5.74, 6) is 0.753. The molecule has 0 spiro atoms. The lowest BCUT2D eigenvalue weighted by atomic mass is 10.1. The third-order valence-electron chi connectivity index (χ3n) is 4.85. The molecule has 6 nitrogen and oxygen atoms in total. The van der Waals surface area contributed by atoms with Crippen LogP contribution in [-0.4, -0.2) is 11.9 Å². The van der Waals surface area contributed by atoms with Crippen molar-refractivity contribution in [2.45, 2.75) is 18.9 Å². The van der Waals surface area contributed by atoms with Gasteiger partial charge in [0.2, 0.25) is 5.91 Å². The van der Waals surface area contributed by atoms with Crippen LogP contribution >= 0.6 is 11.6 Å². The number of furan rings is 1. The monoisotopic (exact) mass is 409 g/mol. The van der Waals surface area contributed by atoms with Crippen LogP contribution in [0.5, 0.6) is 0 Å². The fraction of sp³-hybridized carbons (Fsp3) is 0.182. The molecular weight excluding hydrogens is 390 g/mol. The molecule has 7 heteroatoms. The van der Waals surface area contributed by atoms with E-state index in [1.54, 1.807) is 42.7 Å². The van der Waals surface area contributed by atoms with Crippen LogP contribution in [0, 0.1) is 5.92 Å². The van der Waals surface area contributed by atoms with Gasteiger partial charge in [-0.05, 0) is 60.4 Å². The largest absolute Gasteiger partial charge is 0.467 e. The number of anilines is 2. The molecule has 2 unspecified atom stereocenters. The summed E-state index contributed by atoms with van der Waals surface area (Å²) >= 11 is 6.22. The molecule has 2 atom stereocenters. The van der Waals surface area contributed by atoms with Gasteiger partial charge in [0.15, 0.2) is 0 Å². The Hall–Kier alpha value is -3.25. The van der Waals surface area contributed by atoms with Gasteiger partial charge in [0, 0.05) is 22.3 Å². The van der Waals surface area contributed by atoms with Gasteiger partial charge in [-0.2, -0.15) is 0 Å². The molecule has 1 saturated carbocycles. The summed E-state index contributed by atoms with van der Waals surface area (Å²) in [6.45, 7) is 0.307. The molecule has 148 valence electrons. The van der Waals surface area contributed by atoms with Crippen molar-refractivity contribution < 1.29 is 14.0 Å². The number of hydrogen-bond donors (Lipinski definition) is 3. The van der Waals surface area contributed by atoms with Crippen molar-refractivity contribution in [1.82, 2.24) is 5.32 Å². The smallest absolute Gasteiger partial charge is 0.319 e. The predicted octanol–water partition coefficient (Wildman–Crippen LogP) is 5.00. The molecule has 1 aliphatic carbocycles. The maximum Gasteiger partial charge on any atom is 0.319 e. The van der Waals surface area contributed by atoms with E-state index < -0.39 is 0 Å². The molecule has 1 fully saturated rings. The molecule has 1 heterocycles. The Morgan fingerprint density at radius 2 is 1.69 bits per heavy atom. The number of halogens is 1. The summed E-state index contributed by atoms with van der Waals surface area (Å²) in [6, 6.07) is 17.8. The van der Waals surface area contributed by atoms with E-state index in [2.05, 4.69) is 16.0 Å². The zero-order chi connectivity index (χ0) is 20.2. The standard InChI is InChI=1S/C22H20ClN3O3/c23-20-6-2-1-5-17(20)18-12-19(18)21(27)25-14-7-9-15(10-8-14)26-22(28)24-13-16-4-3-11-29-16/h1-11,18-19H,12-13H2,(H,25,27)(H2,24,26,28). The number of carbonyl (C=O) groups is 2. The van der Waals surface area contributed by atoms with Crippen molar-refractivity contribution in [3.05, 3.63) is 83.3 Å². The molecule has 3 amide bonds. The van der Waals surface area contributed by atoms with Crippen molar-refractivity contribution in [1.29, 1.82) is 0 Å². The Labute approximate surface area is 173 Å². The minimum atomic E-state index is -0.334. The van der Waals surface area contributed by atoms with Gasteiger partial charge in [0.1, 0.15) is 5.76 Å². The molecule has 0 radical (unpaired) electrons. The summed E-state index contributed by atoms with van der Waals surface area (Å²) in [7, 11) is 0. The Bertz CT molecular complexity index is 1000. The molecule has 4 rings (SSSR count). The molecule has 1 aliphatic rings. The van der Waals surface area contributed by atoms with Gasteiger partial charge in [-0.25, -0.2) is 4.79 Å². The van der Waals surface area contributed by atoms with Crippen LogP contribution in [-0.2, 0) is 11.3 Å². The molecule has 29 heavy (non-hydrogen) atoms. The fourth-order valence-electron chi connectivity index (χ4n) is 3.23. The van der Waals surface area contributed by atoms with Crippen LogP contribution in [0.2, 0.25) is 5.02 Å². The average molecular weight is 410 g/mol. The number of benzene rings is 2. The zero-order valence-electron chi connectivity index (χ0n) is 15.5. The van der Waals surface area contributed by atoms with Crippen LogP contribution in [0.15, 0.2) is 71.3 Å². The Morgan fingerprint density at radius 1 is 0.966 bits per heavy atom. The lowest BCUT2D eigenvalue weighted by Gasteiger charge is -2.09. The molecule has 3 aromatic rings. The van der Waals surface area contributed by atoms with Gasteiger partial charge in [0.25, 0.3) is 0 Å². The number of nitrogens with one attached hydrogen (secondary N) is 3. The van der Waals surface area contributed by atoms with Crippen LogP contribution < -0.4 is 16.0 Å². The van der Waals surface area contributed by atoms with Gasteiger partial charge in [0.05, 0.1) is 12.8 Å². The molecule has 3 N–H and O–H groups in total. The van der Waals surface area contributed by atoms with Gasteiger partial charge in [-0.15, -0.1) is 0 Å². The first-order chi connectivity index (χ1) is 14.1. The van der Waals surface area contributed by atoms with E-state index in [9.17, 15) is 9.59 Å². The summed E-state index contributed by atoms with van der Waals surface area (Å²) in [4.78, 5) is 24.4. The van der Waals surface area contributed by atoms with Crippen LogP contribution in [0.1, 0.15) is 23.7 Å². The van der Waals surface area contributed by atoms with E-state index in [1.807, 2.05) is 24.3 Å². The zero-order valence-corrected chi connectivity index (χ0v) is 16.3. The predicted molar refractivity (Wildman–Crippen MR) is 112 cm³/mol. The van der Waals surface area contributed by atoms with E-state index >= 15 is 0 Å². The highest BCUT2D eigenvalue weighted by Crippen LogP contribution is 2.50. The first-order valence-electron chi connectivity index (χ1n) is 9.33. The summed E-state index contributed by atoms with van der Waals surface area (Å²) in [5.41, 5.74) is 2.33. The van der Waals surface area contributed by atoms with Crippen molar-refractivity contribution in [2.75, 3.05) is 10.6 Å². The second kappa shape index (κ2) is 8.41. The molecule has 1 aromatic heterocycles. The lowest BCUT2D eigenvalue weighted by Crippen LogP contribution is -2.27. The Balaban J connectivity index is 1.27. The van der Waals surface area contributed by atoms with E-state index in [0.717, 1.165) is 12.0 Å². The fourth-order valence-corrected chi connectivity index (χ4v) is 3.51. The van der Waals surface area contributed by atoms with Crippen molar-refractivity contribution in [3.8, 4) is 0 Å². The Kier molecular flexibility index (Phi) is 5.53. The third-order valence-corrected chi connectivity index (χ3v) is 5.19. The number of amides is 3. The maximum atomic E-state index is 12.5. The van der Waals surface area contributed by atoms with Gasteiger partial charge in [-0.3, -0.25) is 4.79 Å². The molecule has 0 bridgehead atoms.